The van der Waals surface area contributed by atoms with Crippen molar-refractivity contribution in [3.05, 3.63) is 59.6 Å². The molecule has 3 nitrogen and oxygen atoms in total. The molecule has 0 saturated heterocycles. The number of nitrogens with one attached hydrogen (secondary N) is 2. The molecule has 0 atom stereocenters. The van der Waals surface area contributed by atoms with E-state index in [0.29, 0.717) is 15.7 Å². The van der Waals surface area contributed by atoms with E-state index in [1.54, 1.807) is 18.2 Å². The number of rotatable bonds is 4. The highest BCUT2D eigenvalue weighted by atomic mass is 35.5. The smallest absolute Gasteiger partial charge is 0.231 e. The van der Waals surface area contributed by atoms with E-state index in [1.165, 1.54) is 0 Å². The van der Waals surface area contributed by atoms with Crippen LogP contribution in [-0.2, 0) is 4.79 Å². The van der Waals surface area contributed by atoms with Crippen molar-refractivity contribution in [2.75, 3.05) is 10.6 Å². The highest BCUT2D eigenvalue weighted by Crippen LogP contribution is 2.20. The monoisotopic (exact) mass is 304 g/mol. The van der Waals surface area contributed by atoms with Crippen molar-refractivity contribution in [2.24, 2.45) is 0 Å². The molecule has 5 heteroatoms. The maximum atomic E-state index is 11.9. The zero-order chi connectivity index (χ0) is 14.4. The third-order valence-corrected chi connectivity index (χ3v) is 3.10. The van der Waals surface area contributed by atoms with E-state index >= 15 is 0 Å². The van der Waals surface area contributed by atoms with Crippen LogP contribution in [0, 0.1) is 0 Å². The fourth-order valence-electron chi connectivity index (χ4n) is 1.63. The molecule has 0 spiro atoms. The van der Waals surface area contributed by atoms with Gasteiger partial charge in [-0.05, 0) is 24.3 Å². The van der Waals surface area contributed by atoms with E-state index in [0.717, 1.165) is 5.69 Å². The molecule has 1 amide bonds. The number of hydrogen-bond donors (Lipinski definition) is 2. The Morgan fingerprint density at radius 2 is 1.65 bits per heavy atom. The Morgan fingerprint density at radius 3 is 2.35 bits per heavy atom. The Bertz CT molecular complexity index is 616. The number of amides is 1. The molecular formula is C15H13ClN2OS. The van der Waals surface area contributed by atoms with Crippen molar-refractivity contribution in [3.8, 4) is 0 Å². The summed E-state index contributed by atoms with van der Waals surface area (Å²) in [4.78, 5) is 12.3. The van der Waals surface area contributed by atoms with E-state index < -0.39 is 0 Å². The molecule has 0 saturated carbocycles. The van der Waals surface area contributed by atoms with Gasteiger partial charge in [-0.15, -0.1) is 0 Å². The summed E-state index contributed by atoms with van der Waals surface area (Å²) >= 11 is 11.1. The van der Waals surface area contributed by atoms with Gasteiger partial charge < -0.3 is 10.6 Å². The van der Waals surface area contributed by atoms with Gasteiger partial charge >= 0.3 is 0 Å². The van der Waals surface area contributed by atoms with Crippen LogP contribution in [0.1, 0.15) is 6.42 Å². The summed E-state index contributed by atoms with van der Waals surface area (Å²) in [6.45, 7) is 0. The third kappa shape index (κ3) is 4.33. The first kappa shape index (κ1) is 14.5. The van der Waals surface area contributed by atoms with Gasteiger partial charge in [0.05, 0.1) is 22.1 Å². The third-order valence-electron chi connectivity index (χ3n) is 2.53. The Labute approximate surface area is 128 Å². The number of thiocarbonyl (C=S) groups is 1. The highest BCUT2D eigenvalue weighted by Gasteiger charge is 2.08. The lowest BCUT2D eigenvalue weighted by molar-refractivity contribution is -0.115. The van der Waals surface area contributed by atoms with Crippen LogP contribution in [0.15, 0.2) is 54.6 Å². The summed E-state index contributed by atoms with van der Waals surface area (Å²) in [7, 11) is 0. The van der Waals surface area contributed by atoms with E-state index in [9.17, 15) is 4.79 Å². The Balaban J connectivity index is 1.89. The van der Waals surface area contributed by atoms with Gasteiger partial charge in [-0.3, -0.25) is 4.79 Å². The van der Waals surface area contributed by atoms with Crippen molar-refractivity contribution in [3.63, 3.8) is 0 Å². The molecule has 0 unspecified atom stereocenters. The Hall–Kier alpha value is -1.91. The molecule has 0 bridgehead atoms. The number of hydrogen-bond acceptors (Lipinski definition) is 2. The minimum atomic E-state index is -0.202. The van der Waals surface area contributed by atoms with Crippen molar-refractivity contribution >= 4 is 46.1 Å². The van der Waals surface area contributed by atoms with Crippen molar-refractivity contribution in [1.29, 1.82) is 0 Å². The second kappa shape index (κ2) is 7.03. The van der Waals surface area contributed by atoms with E-state index in [1.807, 2.05) is 36.4 Å². The molecule has 102 valence electrons. The molecule has 0 radical (unpaired) electrons. The van der Waals surface area contributed by atoms with Gasteiger partial charge in [0.25, 0.3) is 0 Å². The number of benzene rings is 2. The zero-order valence-electron chi connectivity index (χ0n) is 10.6. The summed E-state index contributed by atoms with van der Waals surface area (Å²) in [5.41, 5.74) is 1.45. The molecule has 2 aromatic rings. The molecule has 0 aliphatic heterocycles. The fourth-order valence-corrected chi connectivity index (χ4v) is 2.06. The number of anilines is 2. The molecule has 0 aliphatic rings. The topological polar surface area (TPSA) is 41.1 Å². The lowest BCUT2D eigenvalue weighted by Crippen LogP contribution is -2.20. The van der Waals surface area contributed by atoms with Gasteiger partial charge in [0.2, 0.25) is 5.91 Å². The lowest BCUT2D eigenvalue weighted by Gasteiger charge is -2.09. The minimum Gasteiger partial charge on any atom is -0.350 e. The number of halogens is 1. The minimum absolute atomic E-state index is 0.107. The van der Waals surface area contributed by atoms with Crippen molar-refractivity contribution in [2.45, 2.75) is 6.42 Å². The van der Waals surface area contributed by atoms with Gasteiger partial charge in [0.15, 0.2) is 0 Å². The zero-order valence-corrected chi connectivity index (χ0v) is 12.2. The van der Waals surface area contributed by atoms with Crippen LogP contribution in [0.5, 0.6) is 0 Å². The van der Waals surface area contributed by atoms with Crippen molar-refractivity contribution in [1.82, 2.24) is 0 Å². The number of carbonyl (C=O) groups excluding carboxylic acids is 1. The first-order valence-electron chi connectivity index (χ1n) is 6.04. The van der Waals surface area contributed by atoms with Gasteiger partial charge in [-0.1, -0.05) is 54.2 Å². The number of carbonyl (C=O) groups is 1. The second-order valence-corrected chi connectivity index (χ2v) is 5.02. The molecule has 2 rings (SSSR count). The molecule has 2 aromatic carbocycles. The van der Waals surface area contributed by atoms with Gasteiger partial charge in [0, 0.05) is 5.69 Å². The van der Waals surface area contributed by atoms with E-state index in [4.69, 9.17) is 23.8 Å². The summed E-state index contributed by atoms with van der Waals surface area (Å²) in [6, 6.07) is 16.6. The van der Waals surface area contributed by atoms with Crippen molar-refractivity contribution < 1.29 is 4.79 Å². The standard InChI is InChI=1S/C15H13ClN2OS/c16-12-8-4-5-9-13(12)18-14(19)10-15(20)17-11-6-2-1-3-7-11/h1-9H,10H2,(H,17,20)(H,18,19). The highest BCUT2D eigenvalue weighted by molar-refractivity contribution is 7.80. The van der Waals surface area contributed by atoms with Crippen LogP contribution in [0.4, 0.5) is 11.4 Å². The molecule has 0 heterocycles. The Kier molecular flexibility index (Phi) is 5.09. The molecule has 0 aromatic heterocycles. The summed E-state index contributed by atoms with van der Waals surface area (Å²) in [5.74, 6) is -0.202. The van der Waals surface area contributed by atoms with Gasteiger partial charge in [-0.25, -0.2) is 0 Å². The van der Waals surface area contributed by atoms with E-state index in [2.05, 4.69) is 10.6 Å². The molecule has 2 N–H and O–H groups in total. The van der Waals surface area contributed by atoms with Crippen LogP contribution in [0.3, 0.4) is 0 Å². The van der Waals surface area contributed by atoms with Gasteiger partial charge in [-0.2, -0.15) is 0 Å². The lowest BCUT2D eigenvalue weighted by atomic mass is 10.3. The maximum absolute atomic E-state index is 11.9. The summed E-state index contributed by atoms with van der Waals surface area (Å²) < 4.78 is 0. The first-order valence-corrected chi connectivity index (χ1v) is 6.83. The average molecular weight is 305 g/mol. The summed E-state index contributed by atoms with van der Waals surface area (Å²) in [5, 5.41) is 6.24. The molecule has 0 fully saturated rings. The van der Waals surface area contributed by atoms with Gasteiger partial charge in [0.1, 0.15) is 0 Å². The van der Waals surface area contributed by atoms with Crippen LogP contribution in [0.2, 0.25) is 5.02 Å². The molecule has 0 aliphatic carbocycles. The molecule has 20 heavy (non-hydrogen) atoms. The second-order valence-electron chi connectivity index (χ2n) is 4.12. The normalized spacial score (nSPS) is 9.85. The van der Waals surface area contributed by atoms with Crippen LogP contribution >= 0.6 is 23.8 Å². The predicted molar refractivity (Wildman–Crippen MR) is 87.4 cm³/mol. The van der Waals surface area contributed by atoms with Crippen LogP contribution in [0.25, 0.3) is 0 Å². The maximum Gasteiger partial charge on any atom is 0.231 e. The average Bonchev–Trinajstić information content (AvgIpc) is 2.42. The first-order chi connectivity index (χ1) is 9.65. The fraction of sp³-hybridized carbons (Fsp3) is 0.0667. The van der Waals surface area contributed by atoms with Crippen LogP contribution in [-0.4, -0.2) is 10.9 Å². The van der Waals surface area contributed by atoms with E-state index in [-0.39, 0.29) is 12.3 Å². The number of para-hydroxylation sites is 2. The molecular weight excluding hydrogens is 292 g/mol. The predicted octanol–water partition coefficient (Wildman–Crippen LogP) is 4.11. The largest absolute Gasteiger partial charge is 0.350 e. The van der Waals surface area contributed by atoms with Crippen LogP contribution < -0.4 is 10.6 Å². The quantitative estimate of drug-likeness (QED) is 0.835. The summed E-state index contributed by atoms with van der Waals surface area (Å²) in [6.07, 6.45) is 0.107. The Morgan fingerprint density at radius 1 is 1.00 bits per heavy atom. The SMILES string of the molecule is O=C(CC(=S)Nc1ccccc1)Nc1ccccc1Cl.